The number of hydrazone groups is 1. The van der Waals surface area contributed by atoms with E-state index in [0.29, 0.717) is 24.7 Å². The van der Waals surface area contributed by atoms with Gasteiger partial charge in [0.25, 0.3) is 0 Å². The highest BCUT2D eigenvalue weighted by atomic mass is 16.5. The monoisotopic (exact) mass is 624 g/mol. The zero-order valence-electron chi connectivity index (χ0n) is 29.2. The lowest BCUT2D eigenvalue weighted by Gasteiger charge is -2.40. The van der Waals surface area contributed by atoms with Crippen molar-refractivity contribution < 1.29 is 28.8 Å². The molecule has 250 valence electrons. The molecule has 1 fully saturated rings. The number of ether oxygens (including phenoxy) is 4. The summed E-state index contributed by atoms with van der Waals surface area (Å²) < 4.78 is 23.9. The van der Waals surface area contributed by atoms with Crippen LogP contribution in [0.4, 0.5) is 0 Å². The zero-order valence-corrected chi connectivity index (χ0v) is 29.2. The third-order valence-electron chi connectivity index (χ3n) is 8.88. The molecule has 45 heavy (non-hydrogen) atoms. The second kappa shape index (κ2) is 15.6. The minimum Gasteiger partial charge on any atom is -0.497 e. The van der Waals surface area contributed by atoms with Crippen LogP contribution < -0.4 is 9.47 Å². The van der Waals surface area contributed by atoms with Crippen LogP contribution in [-0.2, 0) is 31.7 Å². The summed E-state index contributed by atoms with van der Waals surface area (Å²) >= 11 is 0. The lowest BCUT2D eigenvalue weighted by Crippen LogP contribution is -2.49. The van der Waals surface area contributed by atoms with E-state index in [1.165, 1.54) is 0 Å². The standard InChI is InChI=1S/C37H56N2O6/c1-11-37(12-2,43-10)32-19-16-20-39(32)38-31(21-27(40)25-44-24-26-17-14-13-15-18-26)34(41)45-33-29(35(3,4)5)22-28(42-9)23-30(33)36(6,7)8/h13-15,17-18,22-23,27,32,40H,11-12,16,19-21,24-25H2,1-10H3/b38-31+/t27-,32-/m0/s1. The van der Waals surface area contributed by atoms with Gasteiger partial charge in [0, 0.05) is 31.2 Å². The van der Waals surface area contributed by atoms with Crippen LogP contribution in [0.15, 0.2) is 47.6 Å². The summed E-state index contributed by atoms with van der Waals surface area (Å²) in [5.74, 6) is 0.633. The molecule has 2 atom stereocenters. The van der Waals surface area contributed by atoms with E-state index in [0.717, 1.165) is 42.4 Å². The summed E-state index contributed by atoms with van der Waals surface area (Å²) in [6.45, 7) is 17.9. The number of hydrogen-bond acceptors (Lipinski definition) is 8. The Hall–Kier alpha value is -2.94. The molecule has 0 saturated carbocycles. The molecule has 0 unspecified atom stereocenters. The van der Waals surface area contributed by atoms with E-state index in [1.807, 2.05) is 47.5 Å². The maximum Gasteiger partial charge on any atom is 0.360 e. The molecular weight excluding hydrogens is 568 g/mol. The molecule has 1 aliphatic rings. The Morgan fingerprint density at radius 2 is 1.60 bits per heavy atom. The van der Waals surface area contributed by atoms with E-state index in [1.54, 1.807) is 14.2 Å². The maximum absolute atomic E-state index is 14.2. The molecular formula is C37H56N2O6. The van der Waals surface area contributed by atoms with E-state index in [4.69, 9.17) is 24.0 Å². The largest absolute Gasteiger partial charge is 0.497 e. The zero-order chi connectivity index (χ0) is 33.4. The molecule has 0 aliphatic carbocycles. The molecule has 0 amide bonds. The van der Waals surface area contributed by atoms with E-state index in [-0.39, 0.29) is 41.2 Å². The van der Waals surface area contributed by atoms with Crippen LogP contribution in [0.25, 0.3) is 0 Å². The third kappa shape index (κ3) is 9.30. The van der Waals surface area contributed by atoms with Crippen molar-refractivity contribution in [2.24, 2.45) is 5.10 Å². The topological polar surface area (TPSA) is 89.8 Å². The van der Waals surface area contributed by atoms with Gasteiger partial charge in [0.2, 0.25) is 0 Å². The van der Waals surface area contributed by atoms with Gasteiger partial charge >= 0.3 is 5.97 Å². The first-order valence-electron chi connectivity index (χ1n) is 16.3. The highest BCUT2D eigenvalue weighted by Crippen LogP contribution is 2.43. The fourth-order valence-corrected chi connectivity index (χ4v) is 6.14. The number of esters is 1. The summed E-state index contributed by atoms with van der Waals surface area (Å²) in [5.41, 5.74) is 1.82. The first-order chi connectivity index (χ1) is 21.2. The number of carbonyl (C=O) groups excluding carboxylic acids is 1. The molecule has 2 aromatic carbocycles. The molecule has 1 N–H and O–H groups in total. The highest BCUT2D eigenvalue weighted by Gasteiger charge is 2.42. The molecule has 8 heteroatoms. The van der Waals surface area contributed by atoms with Gasteiger partial charge in [-0.2, -0.15) is 5.10 Å². The van der Waals surface area contributed by atoms with Crippen molar-refractivity contribution in [3.05, 3.63) is 59.2 Å². The fourth-order valence-electron chi connectivity index (χ4n) is 6.14. The molecule has 8 nitrogen and oxygen atoms in total. The number of nitrogens with zero attached hydrogens (tertiary/aromatic N) is 2. The van der Waals surface area contributed by atoms with Crippen LogP contribution in [0.3, 0.4) is 0 Å². The van der Waals surface area contributed by atoms with Gasteiger partial charge in [-0.25, -0.2) is 4.79 Å². The summed E-state index contributed by atoms with van der Waals surface area (Å²) in [6.07, 6.45) is 2.52. The minimum absolute atomic E-state index is 0.00281. The Bertz CT molecular complexity index is 1230. The summed E-state index contributed by atoms with van der Waals surface area (Å²) in [4.78, 5) is 14.2. The summed E-state index contributed by atoms with van der Waals surface area (Å²) in [5, 5.41) is 18.0. The molecule has 2 aromatic rings. The first-order valence-corrected chi connectivity index (χ1v) is 16.3. The number of benzene rings is 2. The Morgan fingerprint density at radius 3 is 2.11 bits per heavy atom. The van der Waals surface area contributed by atoms with Crippen LogP contribution >= 0.6 is 0 Å². The predicted molar refractivity (Wildman–Crippen MR) is 180 cm³/mol. The molecule has 3 rings (SSSR count). The lowest BCUT2D eigenvalue weighted by atomic mass is 9.79. The van der Waals surface area contributed by atoms with Crippen molar-refractivity contribution in [2.75, 3.05) is 27.4 Å². The van der Waals surface area contributed by atoms with Gasteiger partial charge in [-0.15, -0.1) is 0 Å². The molecule has 0 spiro atoms. The second-order valence-electron chi connectivity index (χ2n) is 14.1. The van der Waals surface area contributed by atoms with E-state index in [9.17, 15) is 9.90 Å². The number of aliphatic hydroxyl groups is 1. The Balaban J connectivity index is 2.01. The van der Waals surface area contributed by atoms with E-state index < -0.39 is 12.1 Å². The fraction of sp³-hybridized carbons (Fsp3) is 0.622. The average Bonchev–Trinajstić information content (AvgIpc) is 3.46. The number of hydrogen-bond donors (Lipinski definition) is 1. The third-order valence-corrected chi connectivity index (χ3v) is 8.88. The van der Waals surface area contributed by atoms with Gasteiger partial charge in [0.15, 0.2) is 0 Å². The van der Waals surface area contributed by atoms with Crippen LogP contribution in [0.5, 0.6) is 11.5 Å². The normalized spacial score (nSPS) is 17.0. The summed E-state index contributed by atoms with van der Waals surface area (Å²) in [6, 6.07) is 13.7. The first kappa shape index (κ1) is 36.5. The van der Waals surface area contributed by atoms with Gasteiger partial charge in [-0.1, -0.05) is 85.7 Å². The molecule has 0 radical (unpaired) electrons. The van der Waals surface area contributed by atoms with Gasteiger partial charge in [-0.05, 0) is 54.2 Å². The Labute approximate surface area is 271 Å². The molecule has 0 bridgehead atoms. The Morgan fingerprint density at radius 1 is 1.00 bits per heavy atom. The van der Waals surface area contributed by atoms with Crippen LogP contribution in [-0.4, -0.2) is 66.9 Å². The van der Waals surface area contributed by atoms with Crippen molar-refractivity contribution in [1.29, 1.82) is 0 Å². The number of rotatable bonds is 14. The van der Waals surface area contributed by atoms with Crippen LogP contribution in [0.1, 0.15) is 104 Å². The molecule has 1 heterocycles. The van der Waals surface area contributed by atoms with Crippen molar-refractivity contribution in [3.8, 4) is 11.5 Å². The van der Waals surface area contributed by atoms with E-state index >= 15 is 0 Å². The smallest absolute Gasteiger partial charge is 0.360 e. The van der Waals surface area contributed by atoms with Crippen LogP contribution in [0.2, 0.25) is 0 Å². The van der Waals surface area contributed by atoms with Gasteiger partial charge in [0.05, 0.1) is 38.1 Å². The predicted octanol–water partition coefficient (Wildman–Crippen LogP) is 7.19. The van der Waals surface area contributed by atoms with Gasteiger partial charge in [-0.3, -0.25) is 5.01 Å². The van der Waals surface area contributed by atoms with Gasteiger partial charge < -0.3 is 24.1 Å². The number of carbonyl (C=O) groups is 1. The van der Waals surface area contributed by atoms with Crippen molar-refractivity contribution in [1.82, 2.24) is 5.01 Å². The minimum atomic E-state index is -0.953. The van der Waals surface area contributed by atoms with Crippen molar-refractivity contribution >= 4 is 11.7 Å². The number of methoxy groups -OCH3 is 2. The molecule has 1 saturated heterocycles. The summed E-state index contributed by atoms with van der Waals surface area (Å²) in [7, 11) is 3.40. The average molecular weight is 625 g/mol. The highest BCUT2D eigenvalue weighted by molar-refractivity contribution is 6.37. The van der Waals surface area contributed by atoms with Gasteiger partial charge in [0.1, 0.15) is 17.2 Å². The van der Waals surface area contributed by atoms with Crippen molar-refractivity contribution in [3.63, 3.8) is 0 Å². The lowest BCUT2D eigenvalue weighted by molar-refractivity contribution is -0.127. The maximum atomic E-state index is 14.2. The van der Waals surface area contributed by atoms with Crippen LogP contribution in [0, 0.1) is 0 Å². The molecule has 1 aliphatic heterocycles. The molecule has 0 aromatic heterocycles. The quantitative estimate of drug-likeness (QED) is 0.135. The van der Waals surface area contributed by atoms with Crippen molar-refractivity contribution in [2.45, 2.75) is 123 Å². The Kier molecular flexibility index (Phi) is 12.6. The van der Waals surface area contributed by atoms with E-state index in [2.05, 4.69) is 55.4 Å². The second-order valence-corrected chi connectivity index (χ2v) is 14.1. The SMILES string of the molecule is CCC(CC)(OC)[C@@H]1CCCN1/N=C(\C[C@H](O)COCc1ccccc1)C(=O)Oc1c(C(C)(C)C)cc(OC)cc1C(C)(C)C. The number of aliphatic hydroxyl groups excluding tert-OH is 1.